The minimum absolute atomic E-state index is 0.0195. The Balaban J connectivity index is 5.07. The third kappa shape index (κ3) is 9.27. The van der Waals surface area contributed by atoms with Gasteiger partial charge in [-0.05, 0) is 24.2 Å². The molecule has 0 saturated carbocycles. The average Bonchev–Trinajstić information content (AvgIpc) is 2.51. The second-order valence-electron chi connectivity index (χ2n) is 8.36. The Labute approximate surface area is 155 Å². The van der Waals surface area contributed by atoms with Crippen LogP contribution in [0, 0.1) is 23.2 Å². The summed E-state index contributed by atoms with van der Waals surface area (Å²) in [4.78, 5) is 25.4. The standard InChI is InChI=1S/C21H40O4/c1-8-10-12-14-24-19(22)17(16(3)4)18(21(5,6)7)20(23)25-15-13-11-9-2/h16-18H,8-15H2,1-7H3. The summed E-state index contributed by atoms with van der Waals surface area (Å²) in [5.74, 6) is -1.48. The van der Waals surface area contributed by atoms with E-state index < -0.39 is 11.8 Å². The first-order valence-corrected chi connectivity index (χ1v) is 10.00. The molecule has 0 saturated heterocycles. The molecule has 0 heterocycles. The fraction of sp³-hybridized carbons (Fsp3) is 0.905. The van der Waals surface area contributed by atoms with E-state index in [-0.39, 0.29) is 23.3 Å². The highest BCUT2D eigenvalue weighted by atomic mass is 16.5. The molecular formula is C21H40O4. The van der Waals surface area contributed by atoms with Crippen LogP contribution in [-0.4, -0.2) is 25.2 Å². The molecule has 0 aliphatic rings. The Morgan fingerprint density at radius 3 is 1.60 bits per heavy atom. The zero-order valence-corrected chi connectivity index (χ0v) is 17.5. The Morgan fingerprint density at radius 2 is 1.24 bits per heavy atom. The smallest absolute Gasteiger partial charge is 0.310 e. The van der Waals surface area contributed by atoms with E-state index in [1.54, 1.807) is 0 Å². The monoisotopic (exact) mass is 356 g/mol. The van der Waals surface area contributed by atoms with Crippen LogP contribution in [0.3, 0.4) is 0 Å². The molecule has 0 bridgehead atoms. The van der Waals surface area contributed by atoms with Crippen molar-refractivity contribution in [3.8, 4) is 0 Å². The Kier molecular flexibility index (Phi) is 11.8. The van der Waals surface area contributed by atoms with Crippen molar-refractivity contribution in [3.63, 3.8) is 0 Å². The Hall–Kier alpha value is -1.06. The molecule has 2 atom stereocenters. The molecule has 0 N–H and O–H groups in total. The van der Waals surface area contributed by atoms with E-state index in [0.717, 1.165) is 38.5 Å². The van der Waals surface area contributed by atoms with Gasteiger partial charge in [0, 0.05) is 0 Å². The molecule has 4 nitrogen and oxygen atoms in total. The first kappa shape index (κ1) is 23.9. The van der Waals surface area contributed by atoms with Crippen LogP contribution in [0.1, 0.15) is 87.0 Å². The molecule has 2 unspecified atom stereocenters. The van der Waals surface area contributed by atoms with Crippen molar-refractivity contribution in [3.05, 3.63) is 0 Å². The van der Waals surface area contributed by atoms with Crippen LogP contribution in [-0.2, 0) is 19.1 Å². The van der Waals surface area contributed by atoms with Crippen LogP contribution in [0.15, 0.2) is 0 Å². The van der Waals surface area contributed by atoms with Crippen LogP contribution >= 0.6 is 0 Å². The number of hydrogen-bond acceptors (Lipinski definition) is 4. The van der Waals surface area contributed by atoms with Gasteiger partial charge in [0.15, 0.2) is 0 Å². The second-order valence-corrected chi connectivity index (χ2v) is 8.36. The highest BCUT2D eigenvalue weighted by molar-refractivity contribution is 5.83. The molecule has 0 fully saturated rings. The largest absolute Gasteiger partial charge is 0.465 e. The quantitative estimate of drug-likeness (QED) is 0.347. The number of hydrogen-bond donors (Lipinski definition) is 0. The average molecular weight is 357 g/mol. The molecule has 0 aromatic heterocycles. The number of carbonyl (C=O) groups excluding carboxylic acids is 2. The summed E-state index contributed by atoms with van der Waals surface area (Å²) in [7, 11) is 0. The first-order valence-electron chi connectivity index (χ1n) is 10.00. The molecular weight excluding hydrogens is 316 g/mol. The van der Waals surface area contributed by atoms with Crippen LogP contribution in [0.2, 0.25) is 0 Å². The summed E-state index contributed by atoms with van der Waals surface area (Å²) in [6.07, 6.45) is 5.99. The molecule has 0 aliphatic heterocycles. The minimum Gasteiger partial charge on any atom is -0.465 e. The van der Waals surface area contributed by atoms with Crippen LogP contribution in [0.5, 0.6) is 0 Å². The highest BCUT2D eigenvalue weighted by Gasteiger charge is 2.45. The molecule has 148 valence electrons. The molecule has 0 rings (SSSR count). The van der Waals surface area contributed by atoms with E-state index in [9.17, 15) is 9.59 Å². The number of esters is 2. The van der Waals surface area contributed by atoms with E-state index in [2.05, 4.69) is 13.8 Å². The highest BCUT2D eigenvalue weighted by Crippen LogP contribution is 2.38. The summed E-state index contributed by atoms with van der Waals surface area (Å²) >= 11 is 0. The maximum Gasteiger partial charge on any atom is 0.310 e. The topological polar surface area (TPSA) is 52.6 Å². The molecule has 0 aromatic rings. The van der Waals surface area contributed by atoms with E-state index in [4.69, 9.17) is 9.47 Å². The summed E-state index contributed by atoms with van der Waals surface area (Å²) in [5, 5.41) is 0. The molecule has 25 heavy (non-hydrogen) atoms. The molecule has 0 spiro atoms. The van der Waals surface area contributed by atoms with Gasteiger partial charge in [0.1, 0.15) is 0 Å². The third-order valence-corrected chi connectivity index (χ3v) is 4.52. The lowest BCUT2D eigenvalue weighted by atomic mass is 9.69. The molecule has 0 radical (unpaired) electrons. The number of unbranched alkanes of at least 4 members (excludes halogenated alkanes) is 4. The van der Waals surface area contributed by atoms with Crippen LogP contribution < -0.4 is 0 Å². The Morgan fingerprint density at radius 1 is 0.800 bits per heavy atom. The maximum atomic E-state index is 12.7. The minimum atomic E-state index is -0.493. The van der Waals surface area contributed by atoms with Gasteiger partial charge < -0.3 is 9.47 Å². The molecule has 4 heteroatoms. The van der Waals surface area contributed by atoms with Gasteiger partial charge in [0.25, 0.3) is 0 Å². The molecule has 0 aliphatic carbocycles. The summed E-state index contributed by atoms with van der Waals surface area (Å²) < 4.78 is 11.0. The lowest BCUT2D eigenvalue weighted by Crippen LogP contribution is -2.43. The fourth-order valence-electron chi connectivity index (χ4n) is 3.07. The number of carbonyl (C=O) groups is 2. The maximum absolute atomic E-state index is 12.7. The van der Waals surface area contributed by atoms with Crippen molar-refractivity contribution in [2.24, 2.45) is 23.2 Å². The summed E-state index contributed by atoms with van der Waals surface area (Å²) in [6.45, 7) is 15.0. The fourth-order valence-corrected chi connectivity index (χ4v) is 3.07. The van der Waals surface area contributed by atoms with Gasteiger partial charge in [-0.25, -0.2) is 0 Å². The predicted octanol–water partition coefficient (Wildman–Crippen LogP) is 5.39. The lowest BCUT2D eigenvalue weighted by molar-refractivity contribution is -0.168. The summed E-state index contributed by atoms with van der Waals surface area (Å²) in [6, 6.07) is 0. The van der Waals surface area contributed by atoms with Crippen molar-refractivity contribution in [2.45, 2.75) is 87.0 Å². The van der Waals surface area contributed by atoms with Crippen molar-refractivity contribution in [1.29, 1.82) is 0 Å². The predicted molar refractivity (Wildman–Crippen MR) is 102 cm³/mol. The van der Waals surface area contributed by atoms with Gasteiger partial charge in [-0.2, -0.15) is 0 Å². The molecule has 0 aromatic carbocycles. The summed E-state index contributed by atoms with van der Waals surface area (Å²) in [5.41, 5.74) is -0.362. The van der Waals surface area contributed by atoms with Gasteiger partial charge in [-0.15, -0.1) is 0 Å². The van der Waals surface area contributed by atoms with E-state index >= 15 is 0 Å². The normalized spacial score (nSPS) is 14.2. The first-order chi connectivity index (χ1) is 11.7. The van der Waals surface area contributed by atoms with Crippen molar-refractivity contribution < 1.29 is 19.1 Å². The van der Waals surface area contributed by atoms with Gasteiger partial charge in [0.2, 0.25) is 0 Å². The zero-order valence-electron chi connectivity index (χ0n) is 17.5. The molecule has 0 amide bonds. The second kappa shape index (κ2) is 12.3. The van der Waals surface area contributed by atoms with E-state index in [0.29, 0.717) is 13.2 Å². The number of rotatable bonds is 12. The zero-order chi connectivity index (χ0) is 19.5. The third-order valence-electron chi connectivity index (χ3n) is 4.52. The van der Waals surface area contributed by atoms with Crippen LogP contribution in [0.25, 0.3) is 0 Å². The van der Waals surface area contributed by atoms with Crippen molar-refractivity contribution in [1.82, 2.24) is 0 Å². The van der Waals surface area contributed by atoms with E-state index in [1.807, 2.05) is 34.6 Å². The van der Waals surface area contributed by atoms with Gasteiger partial charge in [-0.1, -0.05) is 74.1 Å². The van der Waals surface area contributed by atoms with E-state index in [1.165, 1.54) is 0 Å². The Bertz CT molecular complexity index is 382. The van der Waals surface area contributed by atoms with Crippen molar-refractivity contribution >= 4 is 11.9 Å². The number of ether oxygens (including phenoxy) is 2. The van der Waals surface area contributed by atoms with Gasteiger partial charge >= 0.3 is 11.9 Å². The lowest BCUT2D eigenvalue weighted by Gasteiger charge is -2.36. The van der Waals surface area contributed by atoms with Gasteiger partial charge in [0.05, 0.1) is 25.0 Å². The van der Waals surface area contributed by atoms with Crippen molar-refractivity contribution in [2.75, 3.05) is 13.2 Å². The van der Waals surface area contributed by atoms with Gasteiger partial charge in [-0.3, -0.25) is 9.59 Å². The SMILES string of the molecule is CCCCCOC(=O)C(C(C)C)C(C(=O)OCCCCC)C(C)(C)C. The van der Waals surface area contributed by atoms with Crippen LogP contribution in [0.4, 0.5) is 0 Å².